The van der Waals surface area contributed by atoms with Crippen molar-refractivity contribution < 1.29 is 9.53 Å². The van der Waals surface area contributed by atoms with E-state index in [1.807, 2.05) is 31.2 Å². The number of nitrogens with zero attached hydrogens (tertiary/aromatic N) is 3. The number of nitrogen functional groups attached to an aromatic ring is 1. The third kappa shape index (κ3) is 5.12. The number of aromatic nitrogens is 2. The summed E-state index contributed by atoms with van der Waals surface area (Å²) in [4.78, 5) is 20.5. The fourth-order valence-electron chi connectivity index (χ4n) is 2.89. The summed E-state index contributed by atoms with van der Waals surface area (Å²) in [6.45, 7) is 2.02. The number of thioether (sulfide) groups is 1. The number of methoxy groups -OCH3 is 1. The lowest BCUT2D eigenvalue weighted by atomic mass is 10.0. The first-order valence-corrected chi connectivity index (χ1v) is 9.90. The first-order valence-electron chi connectivity index (χ1n) is 8.92. The number of carbonyl (C=O) groups is 1. The summed E-state index contributed by atoms with van der Waals surface area (Å²) in [5.74, 6) is 0.354. The lowest BCUT2D eigenvalue weighted by molar-refractivity contribution is 0.0600. The highest BCUT2D eigenvalue weighted by atomic mass is 32.2. The highest BCUT2D eigenvalue weighted by molar-refractivity contribution is 7.98. The van der Waals surface area contributed by atoms with Crippen molar-refractivity contribution in [1.29, 1.82) is 5.26 Å². The lowest BCUT2D eigenvalue weighted by Gasteiger charge is -2.09. The fraction of sp³-hybridized carbons (Fsp3) is 0.182. The quantitative estimate of drug-likeness (QED) is 0.377. The molecule has 146 valence electrons. The van der Waals surface area contributed by atoms with Crippen molar-refractivity contribution >= 4 is 23.5 Å². The summed E-state index contributed by atoms with van der Waals surface area (Å²) in [6.07, 6.45) is 0.503. The van der Waals surface area contributed by atoms with Gasteiger partial charge in [-0.05, 0) is 30.2 Å². The fourth-order valence-corrected chi connectivity index (χ4v) is 3.70. The van der Waals surface area contributed by atoms with E-state index in [0.717, 1.165) is 16.7 Å². The third-order valence-corrected chi connectivity index (χ3v) is 5.19. The van der Waals surface area contributed by atoms with Crippen molar-refractivity contribution in [2.24, 2.45) is 0 Å². The van der Waals surface area contributed by atoms with E-state index >= 15 is 0 Å². The largest absolute Gasteiger partial charge is 0.465 e. The van der Waals surface area contributed by atoms with Crippen LogP contribution in [0.1, 0.15) is 38.3 Å². The summed E-state index contributed by atoms with van der Waals surface area (Å²) in [5.41, 5.74) is 10.6. The molecule has 0 saturated heterocycles. The molecule has 0 atom stereocenters. The van der Waals surface area contributed by atoms with E-state index in [9.17, 15) is 10.1 Å². The molecular formula is C22H20N4O2S. The Balaban J connectivity index is 1.82. The zero-order valence-corrected chi connectivity index (χ0v) is 17.0. The van der Waals surface area contributed by atoms with Crippen LogP contribution >= 0.6 is 11.8 Å². The van der Waals surface area contributed by atoms with E-state index in [2.05, 4.69) is 22.1 Å². The minimum atomic E-state index is -0.379. The third-order valence-electron chi connectivity index (χ3n) is 4.27. The van der Waals surface area contributed by atoms with Crippen LogP contribution in [-0.4, -0.2) is 23.0 Å². The number of hydrogen-bond donors (Lipinski definition) is 1. The van der Waals surface area contributed by atoms with Gasteiger partial charge in [-0.2, -0.15) is 5.26 Å². The molecule has 6 nitrogen and oxygen atoms in total. The first kappa shape index (κ1) is 20.4. The van der Waals surface area contributed by atoms with Gasteiger partial charge in [0.1, 0.15) is 17.5 Å². The molecule has 0 aliphatic carbocycles. The zero-order chi connectivity index (χ0) is 20.8. The standard InChI is InChI=1S/C22H20N4O2S/c1-14-5-3-6-15(9-14)11-19-18(12-23)20(24)26-22(25-19)29-13-16-7-4-8-17(10-16)21(27)28-2/h3-10H,11,13H2,1-2H3,(H2,24,25,26). The molecule has 3 aromatic rings. The Morgan fingerprint density at radius 3 is 2.66 bits per heavy atom. The number of nitrogens with two attached hydrogens (primary N) is 1. The normalized spacial score (nSPS) is 10.4. The molecule has 0 saturated carbocycles. The van der Waals surface area contributed by atoms with Crippen LogP contribution in [0.3, 0.4) is 0 Å². The number of rotatable bonds is 6. The number of esters is 1. The SMILES string of the molecule is COC(=O)c1cccc(CSc2nc(N)c(C#N)c(Cc3cccc(C)c3)n2)c1. The molecule has 3 rings (SSSR count). The monoisotopic (exact) mass is 404 g/mol. The topological polar surface area (TPSA) is 102 Å². The number of aryl methyl sites for hydroxylation is 1. The Morgan fingerprint density at radius 1 is 1.17 bits per heavy atom. The van der Waals surface area contributed by atoms with Gasteiger partial charge in [-0.15, -0.1) is 0 Å². The van der Waals surface area contributed by atoms with E-state index in [1.165, 1.54) is 18.9 Å². The molecule has 0 aliphatic heterocycles. The Labute approximate surface area is 173 Å². The van der Waals surface area contributed by atoms with Gasteiger partial charge in [0, 0.05) is 12.2 Å². The Morgan fingerprint density at radius 2 is 1.93 bits per heavy atom. The highest BCUT2D eigenvalue weighted by Gasteiger charge is 2.14. The molecule has 0 aliphatic rings. The maximum absolute atomic E-state index is 11.7. The average Bonchev–Trinajstić information content (AvgIpc) is 2.72. The minimum absolute atomic E-state index is 0.177. The predicted molar refractivity (Wildman–Crippen MR) is 112 cm³/mol. The van der Waals surface area contributed by atoms with Gasteiger partial charge in [0.2, 0.25) is 0 Å². The molecule has 2 N–H and O–H groups in total. The van der Waals surface area contributed by atoms with Crippen LogP contribution in [0.2, 0.25) is 0 Å². The summed E-state index contributed by atoms with van der Waals surface area (Å²) < 4.78 is 4.76. The van der Waals surface area contributed by atoms with E-state index < -0.39 is 0 Å². The van der Waals surface area contributed by atoms with Gasteiger partial charge >= 0.3 is 5.97 Å². The highest BCUT2D eigenvalue weighted by Crippen LogP contribution is 2.25. The van der Waals surface area contributed by atoms with Crippen LogP contribution in [0, 0.1) is 18.3 Å². The molecule has 0 unspecified atom stereocenters. The number of hydrogen-bond acceptors (Lipinski definition) is 7. The molecule has 0 bridgehead atoms. The second kappa shape index (κ2) is 9.22. The summed E-state index contributed by atoms with van der Waals surface area (Å²) in [5, 5.41) is 9.97. The minimum Gasteiger partial charge on any atom is -0.465 e. The predicted octanol–water partition coefficient (Wildman–Crippen LogP) is 3.91. The number of anilines is 1. The van der Waals surface area contributed by atoms with Crippen LogP contribution in [-0.2, 0) is 16.9 Å². The molecule has 0 amide bonds. The van der Waals surface area contributed by atoms with Crippen LogP contribution in [0.15, 0.2) is 53.7 Å². The molecule has 1 aromatic heterocycles. The first-order chi connectivity index (χ1) is 14.0. The summed E-state index contributed by atoms with van der Waals surface area (Å²) in [7, 11) is 1.35. The average molecular weight is 404 g/mol. The zero-order valence-electron chi connectivity index (χ0n) is 16.2. The van der Waals surface area contributed by atoms with Crippen molar-refractivity contribution in [1.82, 2.24) is 9.97 Å². The maximum atomic E-state index is 11.7. The van der Waals surface area contributed by atoms with Gasteiger partial charge in [0.05, 0.1) is 18.4 Å². The van der Waals surface area contributed by atoms with E-state index in [0.29, 0.717) is 34.2 Å². The van der Waals surface area contributed by atoms with E-state index in [-0.39, 0.29) is 11.8 Å². The number of benzene rings is 2. The molecule has 7 heteroatoms. The van der Waals surface area contributed by atoms with Crippen molar-refractivity contribution in [3.63, 3.8) is 0 Å². The molecule has 2 aromatic carbocycles. The Kier molecular flexibility index (Phi) is 6.47. The van der Waals surface area contributed by atoms with Gasteiger partial charge in [-0.25, -0.2) is 14.8 Å². The number of nitriles is 1. The van der Waals surface area contributed by atoms with Gasteiger partial charge in [-0.1, -0.05) is 53.7 Å². The smallest absolute Gasteiger partial charge is 0.337 e. The van der Waals surface area contributed by atoms with Gasteiger partial charge in [0.15, 0.2) is 5.16 Å². The van der Waals surface area contributed by atoms with E-state index in [1.54, 1.807) is 18.2 Å². The second-order valence-corrected chi connectivity index (χ2v) is 7.41. The van der Waals surface area contributed by atoms with Crippen LogP contribution in [0.25, 0.3) is 0 Å². The van der Waals surface area contributed by atoms with Crippen molar-refractivity contribution in [3.8, 4) is 6.07 Å². The lowest BCUT2D eigenvalue weighted by Crippen LogP contribution is -2.06. The van der Waals surface area contributed by atoms with Crippen molar-refractivity contribution in [2.45, 2.75) is 24.3 Å². The van der Waals surface area contributed by atoms with Gasteiger partial charge in [-0.3, -0.25) is 0 Å². The molecule has 0 spiro atoms. The van der Waals surface area contributed by atoms with Crippen LogP contribution in [0.4, 0.5) is 5.82 Å². The summed E-state index contributed by atoms with van der Waals surface area (Å²) in [6, 6.07) is 17.4. The molecule has 0 radical (unpaired) electrons. The Hall–Kier alpha value is -3.37. The molecule has 0 fully saturated rings. The molecular weight excluding hydrogens is 384 g/mol. The van der Waals surface area contributed by atoms with Crippen LogP contribution in [0.5, 0.6) is 0 Å². The Bertz CT molecular complexity index is 1090. The van der Waals surface area contributed by atoms with E-state index in [4.69, 9.17) is 10.5 Å². The van der Waals surface area contributed by atoms with Gasteiger partial charge in [0.25, 0.3) is 0 Å². The van der Waals surface area contributed by atoms with Crippen molar-refractivity contribution in [3.05, 3.63) is 82.0 Å². The second-order valence-electron chi connectivity index (χ2n) is 6.47. The number of ether oxygens (including phenoxy) is 1. The molecule has 29 heavy (non-hydrogen) atoms. The van der Waals surface area contributed by atoms with Crippen molar-refractivity contribution in [2.75, 3.05) is 12.8 Å². The molecule has 1 heterocycles. The van der Waals surface area contributed by atoms with Gasteiger partial charge < -0.3 is 10.5 Å². The van der Waals surface area contributed by atoms with Crippen LogP contribution < -0.4 is 5.73 Å². The maximum Gasteiger partial charge on any atom is 0.337 e. The number of carbonyl (C=O) groups excluding carboxylic acids is 1. The summed E-state index contributed by atoms with van der Waals surface area (Å²) >= 11 is 1.40.